The molecule has 7 nitrogen and oxygen atoms in total. The van der Waals surface area contributed by atoms with Crippen molar-refractivity contribution >= 4 is 35.8 Å². The highest BCUT2D eigenvalue weighted by atomic mass is 127. The first-order valence-corrected chi connectivity index (χ1v) is 9.77. The minimum absolute atomic E-state index is 0. The van der Waals surface area contributed by atoms with Gasteiger partial charge in [0.2, 0.25) is 5.91 Å². The molecule has 2 N–H and O–H groups in total. The summed E-state index contributed by atoms with van der Waals surface area (Å²) in [4.78, 5) is 18.1. The maximum Gasteiger partial charge on any atom is 0.222 e. The lowest BCUT2D eigenvalue weighted by Gasteiger charge is -2.16. The Kier molecular flexibility index (Phi) is 8.48. The zero-order valence-corrected chi connectivity index (χ0v) is 20.0. The molecule has 0 spiro atoms. The molecule has 1 amide bonds. The van der Waals surface area contributed by atoms with Crippen LogP contribution in [-0.2, 0) is 31.5 Å². The van der Waals surface area contributed by atoms with Gasteiger partial charge in [0, 0.05) is 58.0 Å². The van der Waals surface area contributed by atoms with E-state index in [0.29, 0.717) is 26.1 Å². The first kappa shape index (κ1) is 23.2. The zero-order chi connectivity index (χ0) is 20.1. The average Bonchev–Trinajstić information content (AvgIpc) is 3.19. The Morgan fingerprint density at radius 3 is 2.55 bits per heavy atom. The van der Waals surface area contributed by atoms with Gasteiger partial charge in [-0.2, -0.15) is 5.10 Å². The van der Waals surface area contributed by atoms with E-state index in [1.165, 1.54) is 16.7 Å². The molecule has 0 aliphatic carbocycles. The smallest absolute Gasteiger partial charge is 0.222 e. The van der Waals surface area contributed by atoms with Crippen LogP contribution in [0, 0.1) is 13.8 Å². The maximum absolute atomic E-state index is 11.8. The highest BCUT2D eigenvalue weighted by Gasteiger charge is 2.19. The van der Waals surface area contributed by atoms with E-state index in [1.54, 1.807) is 7.05 Å². The number of hydrogen-bond acceptors (Lipinski definition) is 3. The topological polar surface area (TPSA) is 74.6 Å². The van der Waals surface area contributed by atoms with E-state index in [9.17, 15) is 4.79 Å². The fourth-order valence-electron chi connectivity index (χ4n) is 3.58. The Bertz CT molecular complexity index is 876. The Hall–Kier alpha value is -2.10. The molecule has 8 heteroatoms. The molecule has 1 aliphatic heterocycles. The number of carbonyl (C=O) groups is 1. The Labute approximate surface area is 190 Å². The van der Waals surface area contributed by atoms with Crippen LogP contribution < -0.4 is 10.6 Å². The van der Waals surface area contributed by atoms with Crippen molar-refractivity contribution in [2.24, 2.45) is 12.0 Å². The third kappa shape index (κ3) is 5.94. The van der Waals surface area contributed by atoms with Crippen LogP contribution in [0.25, 0.3) is 0 Å². The van der Waals surface area contributed by atoms with Gasteiger partial charge in [-0.1, -0.05) is 24.3 Å². The first-order valence-electron chi connectivity index (χ1n) is 9.77. The number of benzene rings is 1. The average molecular weight is 510 g/mol. The van der Waals surface area contributed by atoms with E-state index >= 15 is 0 Å². The second-order valence-corrected chi connectivity index (χ2v) is 7.29. The van der Waals surface area contributed by atoms with Crippen molar-refractivity contribution in [3.05, 3.63) is 52.3 Å². The number of nitrogens with one attached hydrogen (secondary N) is 2. The molecule has 0 bridgehead atoms. The molecule has 1 aromatic carbocycles. The van der Waals surface area contributed by atoms with Crippen molar-refractivity contribution in [1.82, 2.24) is 25.3 Å². The van der Waals surface area contributed by atoms with Gasteiger partial charge in [-0.05, 0) is 31.4 Å². The highest BCUT2D eigenvalue weighted by molar-refractivity contribution is 14.0. The molecule has 1 fully saturated rings. The number of guanidine groups is 1. The standard InChI is InChI=1S/C21H30N6O.HI/c1-15-19(16(2)26(4)25-15)13-24-21(22-3)23-12-17-7-5-8-18(11-17)14-27-10-6-9-20(27)28;/h5,7-8,11H,6,9-10,12-14H2,1-4H3,(H2,22,23,24);1H. The Balaban J connectivity index is 0.00000300. The third-order valence-electron chi connectivity index (χ3n) is 5.31. The molecule has 2 aromatic rings. The van der Waals surface area contributed by atoms with Crippen LogP contribution in [0.4, 0.5) is 0 Å². The van der Waals surface area contributed by atoms with Gasteiger partial charge < -0.3 is 15.5 Å². The second-order valence-electron chi connectivity index (χ2n) is 7.29. The lowest BCUT2D eigenvalue weighted by Crippen LogP contribution is -2.36. The summed E-state index contributed by atoms with van der Waals surface area (Å²) in [5.41, 5.74) is 5.72. The van der Waals surface area contributed by atoms with Crippen LogP contribution >= 0.6 is 24.0 Å². The highest BCUT2D eigenvalue weighted by Crippen LogP contribution is 2.15. The number of aryl methyl sites for hydroxylation is 2. The Morgan fingerprint density at radius 2 is 1.93 bits per heavy atom. The summed E-state index contributed by atoms with van der Waals surface area (Å²) in [5, 5.41) is 11.2. The lowest BCUT2D eigenvalue weighted by molar-refractivity contribution is -0.128. The predicted molar refractivity (Wildman–Crippen MR) is 126 cm³/mol. The summed E-state index contributed by atoms with van der Waals surface area (Å²) in [6.45, 7) is 7.01. The van der Waals surface area contributed by atoms with Gasteiger partial charge >= 0.3 is 0 Å². The summed E-state index contributed by atoms with van der Waals surface area (Å²) in [5.74, 6) is 1.01. The molecular weight excluding hydrogens is 479 g/mol. The van der Waals surface area contributed by atoms with Gasteiger partial charge in [0.15, 0.2) is 5.96 Å². The minimum atomic E-state index is 0. The molecule has 0 unspecified atom stereocenters. The number of amides is 1. The monoisotopic (exact) mass is 510 g/mol. The van der Waals surface area contributed by atoms with Crippen molar-refractivity contribution < 1.29 is 4.79 Å². The molecule has 158 valence electrons. The fourth-order valence-corrected chi connectivity index (χ4v) is 3.58. The molecule has 2 heterocycles. The van der Waals surface area contributed by atoms with Gasteiger partial charge in [-0.3, -0.25) is 14.5 Å². The number of likely N-dealkylation sites (tertiary alicyclic amines) is 1. The molecule has 29 heavy (non-hydrogen) atoms. The minimum Gasteiger partial charge on any atom is -0.352 e. The van der Waals surface area contributed by atoms with Gasteiger partial charge in [-0.15, -0.1) is 24.0 Å². The molecule has 1 aliphatic rings. The van der Waals surface area contributed by atoms with E-state index in [4.69, 9.17) is 0 Å². The van der Waals surface area contributed by atoms with Crippen molar-refractivity contribution in [3.8, 4) is 0 Å². The molecule has 0 radical (unpaired) electrons. The summed E-state index contributed by atoms with van der Waals surface area (Å²) in [6.07, 6.45) is 1.65. The summed E-state index contributed by atoms with van der Waals surface area (Å²) in [7, 11) is 3.73. The number of rotatable bonds is 6. The fraction of sp³-hybridized carbons (Fsp3) is 0.476. The van der Waals surface area contributed by atoms with Crippen LogP contribution in [0.5, 0.6) is 0 Å². The van der Waals surface area contributed by atoms with Crippen LogP contribution in [0.2, 0.25) is 0 Å². The second kappa shape index (κ2) is 10.6. The number of aromatic nitrogens is 2. The van der Waals surface area contributed by atoms with Crippen LogP contribution in [0.3, 0.4) is 0 Å². The molecule has 0 atom stereocenters. The van der Waals surface area contributed by atoms with Gasteiger partial charge in [-0.25, -0.2) is 0 Å². The van der Waals surface area contributed by atoms with E-state index in [0.717, 1.165) is 30.3 Å². The summed E-state index contributed by atoms with van der Waals surface area (Å²) < 4.78 is 1.90. The van der Waals surface area contributed by atoms with Crippen LogP contribution in [-0.4, -0.2) is 40.1 Å². The zero-order valence-electron chi connectivity index (χ0n) is 17.7. The maximum atomic E-state index is 11.8. The number of aliphatic imine (C=N–C) groups is 1. The number of hydrogen-bond donors (Lipinski definition) is 2. The molecule has 3 rings (SSSR count). The van der Waals surface area contributed by atoms with Crippen molar-refractivity contribution in [2.75, 3.05) is 13.6 Å². The van der Waals surface area contributed by atoms with E-state index < -0.39 is 0 Å². The number of carbonyl (C=O) groups excluding carboxylic acids is 1. The summed E-state index contributed by atoms with van der Waals surface area (Å²) >= 11 is 0. The van der Waals surface area contributed by atoms with Crippen LogP contribution in [0.15, 0.2) is 29.3 Å². The molecular formula is C21H31IN6O. The number of nitrogens with zero attached hydrogens (tertiary/aromatic N) is 4. The molecule has 1 saturated heterocycles. The van der Waals surface area contributed by atoms with E-state index in [1.807, 2.05) is 29.6 Å². The van der Waals surface area contributed by atoms with Crippen LogP contribution in [0.1, 0.15) is 40.9 Å². The van der Waals surface area contributed by atoms with Crippen molar-refractivity contribution in [3.63, 3.8) is 0 Å². The van der Waals surface area contributed by atoms with E-state index in [-0.39, 0.29) is 29.9 Å². The van der Waals surface area contributed by atoms with Gasteiger partial charge in [0.25, 0.3) is 0 Å². The van der Waals surface area contributed by atoms with Crippen molar-refractivity contribution in [1.29, 1.82) is 0 Å². The van der Waals surface area contributed by atoms with Gasteiger partial charge in [0.1, 0.15) is 0 Å². The SMILES string of the molecule is CN=C(NCc1cccc(CN2CCCC2=O)c1)NCc1c(C)nn(C)c1C.I. The van der Waals surface area contributed by atoms with E-state index in [2.05, 4.69) is 45.8 Å². The Morgan fingerprint density at radius 1 is 1.21 bits per heavy atom. The largest absolute Gasteiger partial charge is 0.352 e. The molecule has 1 aromatic heterocycles. The van der Waals surface area contributed by atoms with Crippen molar-refractivity contribution in [2.45, 2.75) is 46.3 Å². The third-order valence-corrected chi connectivity index (χ3v) is 5.31. The van der Waals surface area contributed by atoms with Gasteiger partial charge in [0.05, 0.1) is 5.69 Å². The normalized spacial score (nSPS) is 14.1. The lowest BCUT2D eigenvalue weighted by atomic mass is 10.1. The quantitative estimate of drug-likeness (QED) is 0.356. The summed E-state index contributed by atoms with van der Waals surface area (Å²) in [6, 6.07) is 8.37. The number of halogens is 1. The molecule has 0 saturated carbocycles. The first-order chi connectivity index (χ1) is 13.5. The predicted octanol–water partition coefficient (Wildman–Crippen LogP) is 2.64.